The Morgan fingerprint density at radius 3 is 2.64 bits per heavy atom. The predicted molar refractivity (Wildman–Crippen MR) is 91.9 cm³/mol. The van der Waals surface area contributed by atoms with Crippen molar-refractivity contribution in [3.8, 4) is 11.5 Å². The highest BCUT2D eigenvalue weighted by molar-refractivity contribution is 5.93. The molecule has 11 nitrogen and oxygen atoms in total. The first-order valence-corrected chi connectivity index (χ1v) is 8.03. The third-order valence-corrected chi connectivity index (χ3v) is 3.56. The van der Waals surface area contributed by atoms with Crippen LogP contribution in [0.3, 0.4) is 0 Å². The van der Waals surface area contributed by atoms with Crippen LogP contribution in [0.5, 0.6) is 0 Å². The molecule has 1 N–H and O–H groups in total. The maximum absolute atomic E-state index is 11.9. The number of carbonyl (C=O) groups excluding carboxylic acids is 2. The van der Waals surface area contributed by atoms with E-state index in [-0.39, 0.29) is 29.8 Å². The molecule has 3 aromatic rings. The molecular weight excluding hydrogens is 372 g/mol. The van der Waals surface area contributed by atoms with E-state index in [1.165, 1.54) is 43.5 Å². The summed E-state index contributed by atoms with van der Waals surface area (Å²) in [6.07, 6.45) is 0.486. The molecule has 3 rings (SSSR count). The summed E-state index contributed by atoms with van der Waals surface area (Å²) in [5.41, 5.74) is 0.413. The van der Waals surface area contributed by atoms with E-state index in [4.69, 9.17) is 13.6 Å². The molecule has 0 saturated carbocycles. The number of hydrogen-bond donors (Lipinski definition) is 1. The molecular formula is C17H14N4O7. The van der Waals surface area contributed by atoms with E-state index < -0.39 is 22.9 Å². The van der Waals surface area contributed by atoms with Crippen molar-refractivity contribution in [1.29, 1.82) is 0 Å². The normalized spacial score (nSPS) is 11.6. The lowest BCUT2D eigenvalue weighted by molar-refractivity contribution is -0.384. The second-order valence-electron chi connectivity index (χ2n) is 5.54. The summed E-state index contributed by atoms with van der Waals surface area (Å²) in [6, 6.07) is 8.57. The van der Waals surface area contributed by atoms with Crippen LogP contribution in [0.2, 0.25) is 0 Å². The van der Waals surface area contributed by atoms with Crippen LogP contribution in [0.15, 0.2) is 51.5 Å². The van der Waals surface area contributed by atoms with E-state index in [2.05, 4.69) is 15.5 Å². The summed E-state index contributed by atoms with van der Waals surface area (Å²) in [5, 5.41) is 20.7. The molecule has 2 aromatic heterocycles. The fourth-order valence-electron chi connectivity index (χ4n) is 2.18. The Labute approximate surface area is 157 Å². The molecule has 1 atom stereocenters. The number of nitrogens with zero attached hydrogens (tertiary/aromatic N) is 3. The monoisotopic (exact) mass is 386 g/mol. The average molecular weight is 386 g/mol. The highest BCUT2D eigenvalue weighted by atomic mass is 16.6. The highest BCUT2D eigenvalue weighted by Crippen LogP contribution is 2.24. The quantitative estimate of drug-likeness (QED) is 0.366. The summed E-state index contributed by atoms with van der Waals surface area (Å²) in [6.45, 7) is 1.16. The molecule has 11 heteroatoms. The molecule has 2 heterocycles. The molecule has 0 saturated heterocycles. The van der Waals surface area contributed by atoms with Crippen LogP contribution in [0.4, 0.5) is 5.69 Å². The molecule has 0 fully saturated rings. The summed E-state index contributed by atoms with van der Waals surface area (Å²) in [4.78, 5) is 33.7. The minimum atomic E-state index is -0.854. The van der Waals surface area contributed by atoms with Crippen molar-refractivity contribution in [3.05, 3.63) is 64.4 Å². The van der Waals surface area contributed by atoms with Crippen LogP contribution in [0, 0.1) is 10.1 Å². The lowest BCUT2D eigenvalue weighted by Gasteiger charge is -2.09. The lowest BCUT2D eigenvalue weighted by atomic mass is 10.2. The number of nitro groups is 1. The summed E-state index contributed by atoms with van der Waals surface area (Å²) in [7, 11) is 0. The number of aromatic nitrogens is 2. The van der Waals surface area contributed by atoms with Gasteiger partial charge in [0.2, 0.25) is 5.89 Å². The Kier molecular flexibility index (Phi) is 5.44. The Hall–Kier alpha value is -4.02. The van der Waals surface area contributed by atoms with Gasteiger partial charge in [-0.15, -0.1) is 10.2 Å². The SMILES string of the molecule is C[C@H](OC(=O)CNC(=O)c1ccco1)c1nnc(-c2ccc([N+](=O)[O-])cc2)o1. The Balaban J connectivity index is 1.56. The summed E-state index contributed by atoms with van der Waals surface area (Å²) >= 11 is 0. The van der Waals surface area contributed by atoms with Crippen molar-refractivity contribution in [2.75, 3.05) is 6.54 Å². The topological polar surface area (TPSA) is 151 Å². The number of amides is 1. The molecule has 0 unspecified atom stereocenters. The van der Waals surface area contributed by atoms with Gasteiger partial charge in [-0.1, -0.05) is 0 Å². The predicted octanol–water partition coefficient (Wildman–Crippen LogP) is 2.27. The number of benzene rings is 1. The van der Waals surface area contributed by atoms with Crippen molar-refractivity contribution in [3.63, 3.8) is 0 Å². The molecule has 0 radical (unpaired) electrons. The fraction of sp³-hybridized carbons (Fsp3) is 0.176. The minimum absolute atomic E-state index is 0.0408. The Morgan fingerprint density at radius 1 is 1.25 bits per heavy atom. The molecule has 1 amide bonds. The van der Waals surface area contributed by atoms with Crippen molar-refractivity contribution < 1.29 is 28.1 Å². The number of ether oxygens (including phenoxy) is 1. The maximum Gasteiger partial charge on any atom is 0.326 e. The van der Waals surface area contributed by atoms with E-state index in [1.807, 2.05) is 0 Å². The number of nitro benzene ring substituents is 1. The molecule has 0 aliphatic carbocycles. The number of esters is 1. The zero-order valence-electron chi connectivity index (χ0n) is 14.5. The standard InChI is InChI=1S/C17H14N4O7/c1-10(27-14(22)9-18-15(23)13-3-2-8-26-13)16-19-20-17(28-16)11-4-6-12(7-5-11)21(24)25/h2-8,10H,9H2,1H3,(H,18,23)/t10-/m0/s1. The smallest absolute Gasteiger partial charge is 0.326 e. The highest BCUT2D eigenvalue weighted by Gasteiger charge is 2.20. The molecule has 0 bridgehead atoms. The van der Waals surface area contributed by atoms with E-state index in [0.717, 1.165) is 0 Å². The van der Waals surface area contributed by atoms with Gasteiger partial charge in [-0.25, -0.2) is 0 Å². The third kappa shape index (κ3) is 4.38. The van der Waals surface area contributed by atoms with Crippen LogP contribution >= 0.6 is 0 Å². The maximum atomic E-state index is 11.9. The number of rotatable bonds is 7. The van der Waals surface area contributed by atoms with Gasteiger partial charge >= 0.3 is 5.97 Å². The largest absolute Gasteiger partial charge is 0.459 e. The van der Waals surface area contributed by atoms with Crippen molar-refractivity contribution >= 4 is 17.6 Å². The average Bonchev–Trinajstić information content (AvgIpc) is 3.38. The number of furan rings is 1. The van der Waals surface area contributed by atoms with Gasteiger partial charge in [0, 0.05) is 17.7 Å². The van der Waals surface area contributed by atoms with Gasteiger partial charge in [0.25, 0.3) is 17.5 Å². The molecule has 0 aliphatic heterocycles. The van der Waals surface area contributed by atoms with E-state index in [1.54, 1.807) is 6.07 Å². The number of non-ortho nitro benzene ring substituents is 1. The van der Waals surface area contributed by atoms with Gasteiger partial charge in [-0.2, -0.15) is 0 Å². The van der Waals surface area contributed by atoms with Crippen molar-refractivity contribution in [2.24, 2.45) is 0 Å². The zero-order chi connectivity index (χ0) is 20.1. The molecule has 0 spiro atoms. The van der Waals surface area contributed by atoms with Gasteiger partial charge in [0.05, 0.1) is 11.2 Å². The first-order valence-electron chi connectivity index (χ1n) is 8.03. The molecule has 1 aromatic carbocycles. The second kappa shape index (κ2) is 8.12. The van der Waals surface area contributed by atoms with Gasteiger partial charge in [-0.3, -0.25) is 19.7 Å². The third-order valence-electron chi connectivity index (χ3n) is 3.56. The summed E-state index contributed by atoms with van der Waals surface area (Å²) < 4.78 is 15.5. The van der Waals surface area contributed by atoms with Crippen LogP contribution in [0.1, 0.15) is 29.5 Å². The number of nitrogens with one attached hydrogen (secondary N) is 1. The van der Waals surface area contributed by atoms with E-state index in [9.17, 15) is 19.7 Å². The minimum Gasteiger partial charge on any atom is -0.459 e. The number of carbonyl (C=O) groups is 2. The Morgan fingerprint density at radius 2 is 2.00 bits per heavy atom. The summed E-state index contributed by atoms with van der Waals surface area (Å²) in [5.74, 6) is -1.01. The molecule has 144 valence electrons. The number of hydrogen-bond acceptors (Lipinski definition) is 9. The van der Waals surface area contributed by atoms with E-state index >= 15 is 0 Å². The van der Waals surface area contributed by atoms with Gasteiger partial charge in [-0.05, 0) is 31.2 Å². The van der Waals surface area contributed by atoms with Crippen LogP contribution < -0.4 is 5.32 Å². The Bertz CT molecular complexity index is 979. The van der Waals surface area contributed by atoms with Crippen molar-refractivity contribution in [1.82, 2.24) is 15.5 Å². The zero-order valence-corrected chi connectivity index (χ0v) is 14.5. The van der Waals surface area contributed by atoms with Crippen LogP contribution in [-0.2, 0) is 9.53 Å². The van der Waals surface area contributed by atoms with E-state index in [0.29, 0.717) is 5.56 Å². The molecule has 0 aliphatic rings. The first kappa shape index (κ1) is 18.8. The second-order valence-corrected chi connectivity index (χ2v) is 5.54. The lowest BCUT2D eigenvalue weighted by Crippen LogP contribution is -2.30. The van der Waals surface area contributed by atoms with Crippen LogP contribution in [0.25, 0.3) is 11.5 Å². The fourth-order valence-corrected chi connectivity index (χ4v) is 2.18. The van der Waals surface area contributed by atoms with Gasteiger partial charge in [0.15, 0.2) is 11.9 Å². The van der Waals surface area contributed by atoms with Crippen molar-refractivity contribution in [2.45, 2.75) is 13.0 Å². The molecule has 28 heavy (non-hydrogen) atoms. The van der Waals surface area contributed by atoms with Gasteiger partial charge in [0.1, 0.15) is 6.54 Å². The van der Waals surface area contributed by atoms with Crippen LogP contribution in [-0.4, -0.2) is 33.5 Å². The van der Waals surface area contributed by atoms with Gasteiger partial charge < -0.3 is 18.9 Å². The first-order chi connectivity index (χ1) is 13.4.